The molecule has 0 N–H and O–H groups in total. The van der Waals surface area contributed by atoms with Gasteiger partial charge in [-0.15, -0.1) is 11.6 Å². The van der Waals surface area contributed by atoms with Crippen LogP contribution < -0.4 is 4.74 Å². The van der Waals surface area contributed by atoms with Crippen molar-refractivity contribution in [3.63, 3.8) is 0 Å². The van der Waals surface area contributed by atoms with E-state index in [2.05, 4.69) is 9.97 Å². The number of rotatable bonds is 3. The third kappa shape index (κ3) is 2.54. The molecule has 2 aromatic rings. The van der Waals surface area contributed by atoms with Crippen LogP contribution in [0.2, 0.25) is 5.15 Å². The Bertz CT molecular complexity index is 578. The van der Waals surface area contributed by atoms with Crippen molar-refractivity contribution in [1.82, 2.24) is 9.97 Å². The second-order valence-electron chi connectivity index (χ2n) is 3.57. The number of aryl methyl sites for hydroxylation is 1. The van der Waals surface area contributed by atoms with Crippen molar-refractivity contribution in [2.45, 2.75) is 12.8 Å². The second kappa shape index (κ2) is 5.50. The maximum atomic E-state index is 13.8. The molecule has 0 unspecified atom stereocenters. The number of halogens is 3. The van der Waals surface area contributed by atoms with Crippen molar-refractivity contribution in [1.29, 1.82) is 0 Å². The van der Waals surface area contributed by atoms with E-state index in [9.17, 15) is 4.39 Å². The normalized spacial score (nSPS) is 10.4. The highest BCUT2D eigenvalue weighted by molar-refractivity contribution is 6.31. The van der Waals surface area contributed by atoms with Crippen molar-refractivity contribution < 1.29 is 9.13 Å². The van der Waals surface area contributed by atoms with E-state index in [1.807, 2.05) is 0 Å². The zero-order chi connectivity index (χ0) is 13.1. The Morgan fingerprint density at radius 3 is 2.83 bits per heavy atom. The first-order chi connectivity index (χ1) is 8.63. The van der Waals surface area contributed by atoms with E-state index in [4.69, 9.17) is 27.9 Å². The molecule has 0 saturated heterocycles. The van der Waals surface area contributed by atoms with Gasteiger partial charge in [0.1, 0.15) is 11.5 Å². The first-order valence-electron chi connectivity index (χ1n) is 5.11. The summed E-state index contributed by atoms with van der Waals surface area (Å²) in [5, 5.41) is 0.197. The van der Waals surface area contributed by atoms with Gasteiger partial charge >= 0.3 is 0 Å². The molecule has 0 aliphatic carbocycles. The maximum absolute atomic E-state index is 13.8. The highest BCUT2D eigenvalue weighted by Gasteiger charge is 2.13. The van der Waals surface area contributed by atoms with E-state index in [-0.39, 0.29) is 22.7 Å². The number of ether oxygens (including phenoxy) is 1. The van der Waals surface area contributed by atoms with E-state index in [1.54, 1.807) is 19.1 Å². The molecule has 0 saturated carbocycles. The van der Waals surface area contributed by atoms with E-state index < -0.39 is 5.82 Å². The van der Waals surface area contributed by atoms with Gasteiger partial charge in [0, 0.05) is 0 Å². The summed E-state index contributed by atoms with van der Waals surface area (Å²) in [4.78, 5) is 7.70. The molecule has 94 valence electrons. The quantitative estimate of drug-likeness (QED) is 0.629. The highest BCUT2D eigenvalue weighted by atomic mass is 35.5. The second-order valence-corrected chi connectivity index (χ2v) is 4.20. The first-order valence-corrected chi connectivity index (χ1v) is 6.03. The van der Waals surface area contributed by atoms with Gasteiger partial charge in [-0.3, -0.25) is 0 Å². The SMILES string of the molecule is Cc1cccc(Oc2ncnc(Cl)c2CCl)c1F. The Kier molecular flexibility index (Phi) is 3.99. The molecule has 6 heteroatoms. The molecule has 18 heavy (non-hydrogen) atoms. The minimum Gasteiger partial charge on any atom is -0.435 e. The summed E-state index contributed by atoms with van der Waals surface area (Å²) in [6.07, 6.45) is 1.24. The number of nitrogens with zero attached hydrogens (tertiary/aromatic N) is 2. The lowest BCUT2D eigenvalue weighted by molar-refractivity contribution is 0.421. The molecule has 0 bridgehead atoms. The van der Waals surface area contributed by atoms with Crippen LogP contribution in [0.15, 0.2) is 24.5 Å². The number of alkyl halides is 1. The number of hydrogen-bond donors (Lipinski definition) is 0. The van der Waals surface area contributed by atoms with Crippen LogP contribution in [0.4, 0.5) is 4.39 Å². The zero-order valence-corrected chi connectivity index (χ0v) is 11.0. The van der Waals surface area contributed by atoms with Crippen molar-refractivity contribution in [2.75, 3.05) is 0 Å². The largest absolute Gasteiger partial charge is 0.435 e. The van der Waals surface area contributed by atoms with E-state index in [1.165, 1.54) is 12.4 Å². The summed E-state index contributed by atoms with van der Waals surface area (Å²) in [7, 11) is 0. The summed E-state index contributed by atoms with van der Waals surface area (Å²) in [5.41, 5.74) is 0.918. The van der Waals surface area contributed by atoms with E-state index >= 15 is 0 Å². The molecule has 0 atom stereocenters. The fourth-order valence-corrected chi connectivity index (χ4v) is 1.88. The zero-order valence-electron chi connectivity index (χ0n) is 9.45. The van der Waals surface area contributed by atoms with Gasteiger partial charge < -0.3 is 4.74 Å². The Morgan fingerprint density at radius 2 is 2.11 bits per heavy atom. The number of benzene rings is 1. The van der Waals surface area contributed by atoms with Gasteiger partial charge in [0.05, 0.1) is 11.4 Å². The lowest BCUT2D eigenvalue weighted by Gasteiger charge is -2.10. The molecule has 0 aliphatic heterocycles. The van der Waals surface area contributed by atoms with Crippen molar-refractivity contribution >= 4 is 23.2 Å². The maximum Gasteiger partial charge on any atom is 0.228 e. The Morgan fingerprint density at radius 1 is 1.33 bits per heavy atom. The monoisotopic (exact) mass is 286 g/mol. The molecule has 3 nitrogen and oxygen atoms in total. The van der Waals surface area contributed by atoms with E-state index in [0.717, 1.165) is 0 Å². The summed E-state index contributed by atoms with van der Waals surface area (Å²) in [6, 6.07) is 4.85. The van der Waals surface area contributed by atoms with Crippen LogP contribution in [0.3, 0.4) is 0 Å². The number of hydrogen-bond acceptors (Lipinski definition) is 3. The summed E-state index contributed by atoms with van der Waals surface area (Å²) in [5.74, 6) is -0.110. The summed E-state index contributed by atoms with van der Waals surface area (Å²) < 4.78 is 19.2. The topological polar surface area (TPSA) is 35.0 Å². The lowest BCUT2D eigenvalue weighted by atomic mass is 10.2. The predicted octanol–water partition coefficient (Wildman–Crippen LogP) is 4.11. The Labute approximate surface area is 114 Å². The van der Waals surface area contributed by atoms with Crippen LogP contribution in [0.5, 0.6) is 11.6 Å². The molecular formula is C12H9Cl2FN2O. The van der Waals surface area contributed by atoms with E-state index in [0.29, 0.717) is 11.1 Å². The molecule has 1 aromatic carbocycles. The van der Waals surface area contributed by atoms with Crippen molar-refractivity contribution in [3.8, 4) is 11.6 Å². The molecule has 0 fully saturated rings. The molecular weight excluding hydrogens is 278 g/mol. The van der Waals surface area contributed by atoms with Crippen LogP contribution >= 0.6 is 23.2 Å². The van der Waals surface area contributed by atoms with Gasteiger partial charge in [-0.1, -0.05) is 23.7 Å². The van der Waals surface area contributed by atoms with Gasteiger partial charge in [-0.05, 0) is 18.6 Å². The smallest absolute Gasteiger partial charge is 0.228 e. The van der Waals surface area contributed by atoms with Crippen LogP contribution in [0.25, 0.3) is 0 Å². The van der Waals surface area contributed by atoms with Crippen LogP contribution in [-0.2, 0) is 5.88 Å². The molecule has 0 amide bonds. The highest BCUT2D eigenvalue weighted by Crippen LogP contribution is 2.30. The minimum atomic E-state index is -0.437. The van der Waals surface area contributed by atoms with Gasteiger partial charge in [-0.25, -0.2) is 14.4 Å². The standard InChI is InChI=1S/C12H9Cl2FN2O/c1-7-3-2-4-9(10(7)15)18-12-8(5-13)11(14)16-6-17-12/h2-4,6H,5H2,1H3. The van der Waals surface area contributed by atoms with Crippen LogP contribution in [0, 0.1) is 12.7 Å². The average Bonchev–Trinajstić information content (AvgIpc) is 2.35. The fourth-order valence-electron chi connectivity index (χ4n) is 1.38. The van der Waals surface area contributed by atoms with Crippen LogP contribution in [0.1, 0.15) is 11.1 Å². The molecule has 1 aromatic heterocycles. The third-order valence-corrected chi connectivity index (χ3v) is 2.94. The Balaban J connectivity index is 2.40. The van der Waals surface area contributed by atoms with Crippen molar-refractivity contribution in [3.05, 3.63) is 46.6 Å². The molecule has 0 radical (unpaired) electrons. The first kappa shape index (κ1) is 13.1. The van der Waals surface area contributed by atoms with Gasteiger partial charge in [-0.2, -0.15) is 0 Å². The molecule has 1 heterocycles. The van der Waals surface area contributed by atoms with Crippen molar-refractivity contribution in [2.24, 2.45) is 0 Å². The fraction of sp³-hybridized carbons (Fsp3) is 0.167. The van der Waals surface area contributed by atoms with Gasteiger partial charge in [0.2, 0.25) is 5.88 Å². The minimum absolute atomic E-state index is 0.0798. The van der Waals surface area contributed by atoms with Gasteiger partial charge in [0.15, 0.2) is 11.6 Å². The average molecular weight is 287 g/mol. The molecule has 2 rings (SSSR count). The number of aromatic nitrogens is 2. The van der Waals surface area contributed by atoms with Gasteiger partial charge in [0.25, 0.3) is 0 Å². The molecule has 0 aliphatic rings. The lowest BCUT2D eigenvalue weighted by Crippen LogP contribution is -1.98. The Hall–Kier alpha value is -1.39. The summed E-state index contributed by atoms with van der Waals surface area (Å²) in [6.45, 7) is 1.65. The van der Waals surface area contributed by atoms with Crippen LogP contribution in [-0.4, -0.2) is 9.97 Å². The predicted molar refractivity (Wildman–Crippen MR) is 67.8 cm³/mol. The summed E-state index contributed by atoms with van der Waals surface area (Å²) >= 11 is 11.6. The third-order valence-electron chi connectivity index (χ3n) is 2.35. The molecule has 0 spiro atoms.